The van der Waals surface area contributed by atoms with Crippen LogP contribution < -0.4 is 0 Å². The standard InChI is InChI=1S/C46H27N3O/c1-2-13-28(14-3-1)44-35-21-8-10-23-37(35)47-46(48-44)29-15-12-16-30(27-29)49-38-24-11-9-22-36(38)41-39(49)25-26-40-43(41)42-33-19-6-4-17-31(33)32-18-5-7-20-34(32)45(42)50-40/h1-27H. The summed E-state index contributed by atoms with van der Waals surface area (Å²) in [5.74, 6) is 0.701. The smallest absolute Gasteiger partial charge is 0.160 e. The average molecular weight is 638 g/mol. The van der Waals surface area contributed by atoms with Crippen molar-refractivity contribution < 1.29 is 4.42 Å². The van der Waals surface area contributed by atoms with Crippen LogP contribution in [-0.4, -0.2) is 14.5 Å². The zero-order chi connectivity index (χ0) is 32.8. The van der Waals surface area contributed by atoms with Gasteiger partial charge in [0, 0.05) is 49.1 Å². The molecule has 0 saturated carbocycles. The molecule has 0 amide bonds. The topological polar surface area (TPSA) is 43.9 Å². The van der Waals surface area contributed by atoms with Gasteiger partial charge in [-0.3, -0.25) is 0 Å². The predicted molar refractivity (Wildman–Crippen MR) is 207 cm³/mol. The van der Waals surface area contributed by atoms with Crippen molar-refractivity contribution in [3.63, 3.8) is 0 Å². The number of hydrogen-bond donors (Lipinski definition) is 0. The van der Waals surface area contributed by atoms with E-state index >= 15 is 0 Å². The maximum Gasteiger partial charge on any atom is 0.160 e. The van der Waals surface area contributed by atoms with Gasteiger partial charge in [-0.25, -0.2) is 9.97 Å². The van der Waals surface area contributed by atoms with Crippen molar-refractivity contribution in [3.05, 3.63) is 164 Å². The molecular weight excluding hydrogens is 611 g/mol. The van der Waals surface area contributed by atoms with Crippen LogP contribution in [0.15, 0.2) is 168 Å². The van der Waals surface area contributed by atoms with Crippen molar-refractivity contribution in [2.45, 2.75) is 0 Å². The van der Waals surface area contributed by atoms with Gasteiger partial charge in [0.1, 0.15) is 11.2 Å². The number of aromatic nitrogens is 3. The van der Waals surface area contributed by atoms with E-state index in [9.17, 15) is 0 Å². The van der Waals surface area contributed by atoms with Gasteiger partial charge in [-0.05, 0) is 52.6 Å². The second-order valence-corrected chi connectivity index (χ2v) is 12.9. The Balaban J connectivity index is 1.20. The fraction of sp³-hybridized carbons (Fsp3) is 0. The van der Waals surface area contributed by atoms with Crippen LogP contribution in [0.2, 0.25) is 0 Å². The summed E-state index contributed by atoms with van der Waals surface area (Å²) < 4.78 is 9.15. The van der Waals surface area contributed by atoms with E-state index in [1.807, 2.05) is 18.2 Å². The minimum absolute atomic E-state index is 0.701. The second kappa shape index (κ2) is 10.4. The molecule has 8 aromatic carbocycles. The summed E-state index contributed by atoms with van der Waals surface area (Å²) in [6.45, 7) is 0. The Morgan fingerprint density at radius 2 is 1.08 bits per heavy atom. The van der Waals surface area contributed by atoms with Crippen LogP contribution in [0, 0.1) is 0 Å². The summed E-state index contributed by atoms with van der Waals surface area (Å²) in [5.41, 5.74) is 9.03. The Morgan fingerprint density at radius 1 is 0.420 bits per heavy atom. The molecule has 232 valence electrons. The summed E-state index contributed by atoms with van der Waals surface area (Å²) in [6.07, 6.45) is 0. The number of hydrogen-bond acceptors (Lipinski definition) is 3. The molecule has 11 aromatic rings. The van der Waals surface area contributed by atoms with E-state index in [4.69, 9.17) is 14.4 Å². The molecule has 4 heteroatoms. The second-order valence-electron chi connectivity index (χ2n) is 12.9. The third kappa shape index (κ3) is 3.81. The van der Waals surface area contributed by atoms with E-state index in [0.717, 1.165) is 71.8 Å². The van der Waals surface area contributed by atoms with E-state index in [1.165, 1.54) is 26.9 Å². The third-order valence-electron chi connectivity index (χ3n) is 10.2. The van der Waals surface area contributed by atoms with Crippen LogP contribution in [0.4, 0.5) is 0 Å². The van der Waals surface area contributed by atoms with Crippen molar-refractivity contribution in [1.29, 1.82) is 0 Å². The van der Waals surface area contributed by atoms with Crippen molar-refractivity contribution in [3.8, 4) is 28.3 Å². The molecule has 0 N–H and O–H groups in total. The fourth-order valence-corrected chi connectivity index (χ4v) is 8.03. The molecule has 3 heterocycles. The number of nitrogens with zero attached hydrogens (tertiary/aromatic N) is 3. The molecule has 11 rings (SSSR count). The molecule has 3 aromatic heterocycles. The van der Waals surface area contributed by atoms with E-state index in [2.05, 4.69) is 150 Å². The highest BCUT2D eigenvalue weighted by Crippen LogP contribution is 2.46. The fourth-order valence-electron chi connectivity index (χ4n) is 8.03. The lowest BCUT2D eigenvalue weighted by Crippen LogP contribution is -1.97. The van der Waals surface area contributed by atoms with Crippen LogP contribution in [0.25, 0.3) is 105 Å². The summed E-state index contributed by atoms with van der Waals surface area (Å²) in [4.78, 5) is 10.2. The average Bonchev–Trinajstić information content (AvgIpc) is 3.75. The van der Waals surface area contributed by atoms with Crippen LogP contribution in [0.5, 0.6) is 0 Å². The van der Waals surface area contributed by atoms with Crippen LogP contribution in [0.3, 0.4) is 0 Å². The molecule has 0 spiro atoms. The highest BCUT2D eigenvalue weighted by atomic mass is 16.3. The minimum Gasteiger partial charge on any atom is -0.455 e. The normalized spacial score (nSPS) is 12.0. The SMILES string of the molecule is c1ccc(-c2nc(-c3cccc(-n4c5ccccc5c5c6c(ccc54)oc4c5ccccc5c5ccccc5c46)c3)nc3ccccc23)cc1. The predicted octanol–water partition coefficient (Wildman–Crippen LogP) is 12.3. The third-order valence-corrected chi connectivity index (χ3v) is 10.2. The number of para-hydroxylation sites is 2. The van der Waals surface area contributed by atoms with E-state index in [-0.39, 0.29) is 0 Å². The first kappa shape index (κ1) is 27.2. The zero-order valence-electron chi connectivity index (χ0n) is 26.8. The van der Waals surface area contributed by atoms with E-state index in [1.54, 1.807) is 0 Å². The molecule has 0 saturated heterocycles. The van der Waals surface area contributed by atoms with Gasteiger partial charge in [0.2, 0.25) is 0 Å². The lowest BCUT2D eigenvalue weighted by Gasteiger charge is -2.12. The quantitative estimate of drug-likeness (QED) is 0.181. The number of fused-ring (bicyclic) bond motifs is 13. The van der Waals surface area contributed by atoms with Crippen LogP contribution in [0.1, 0.15) is 0 Å². The maximum atomic E-state index is 6.78. The molecule has 0 bridgehead atoms. The first-order valence-electron chi connectivity index (χ1n) is 16.9. The minimum atomic E-state index is 0.701. The van der Waals surface area contributed by atoms with Gasteiger partial charge in [-0.15, -0.1) is 0 Å². The largest absolute Gasteiger partial charge is 0.455 e. The zero-order valence-corrected chi connectivity index (χ0v) is 26.8. The number of furan rings is 1. The van der Waals surface area contributed by atoms with Crippen molar-refractivity contribution >= 4 is 76.2 Å². The molecular formula is C46H27N3O. The molecule has 0 fully saturated rings. The molecule has 0 unspecified atom stereocenters. The maximum absolute atomic E-state index is 6.78. The van der Waals surface area contributed by atoms with Crippen molar-refractivity contribution in [1.82, 2.24) is 14.5 Å². The molecule has 0 aliphatic heterocycles. The Hall–Kier alpha value is -6.78. The molecule has 50 heavy (non-hydrogen) atoms. The lowest BCUT2D eigenvalue weighted by molar-refractivity contribution is 0.673. The van der Waals surface area contributed by atoms with Gasteiger partial charge in [0.05, 0.1) is 22.2 Å². The molecule has 0 radical (unpaired) electrons. The van der Waals surface area contributed by atoms with Crippen LogP contribution in [-0.2, 0) is 0 Å². The van der Waals surface area contributed by atoms with E-state index < -0.39 is 0 Å². The van der Waals surface area contributed by atoms with Crippen LogP contribution >= 0.6 is 0 Å². The highest BCUT2D eigenvalue weighted by Gasteiger charge is 2.22. The van der Waals surface area contributed by atoms with Gasteiger partial charge in [-0.2, -0.15) is 0 Å². The first-order valence-corrected chi connectivity index (χ1v) is 16.9. The molecule has 0 aliphatic rings. The Bertz CT molecular complexity index is 3150. The monoisotopic (exact) mass is 637 g/mol. The summed E-state index contributed by atoms with van der Waals surface area (Å²) >= 11 is 0. The van der Waals surface area contributed by atoms with E-state index in [0.29, 0.717) is 5.82 Å². The molecule has 0 atom stereocenters. The number of benzene rings is 8. The van der Waals surface area contributed by atoms with Crippen molar-refractivity contribution in [2.75, 3.05) is 0 Å². The summed E-state index contributed by atoms with van der Waals surface area (Å²) in [5, 5.41) is 10.5. The number of rotatable bonds is 3. The highest BCUT2D eigenvalue weighted by molar-refractivity contribution is 6.36. The first-order chi connectivity index (χ1) is 24.8. The summed E-state index contributed by atoms with van der Waals surface area (Å²) in [7, 11) is 0. The molecule has 4 nitrogen and oxygen atoms in total. The Kier molecular flexibility index (Phi) is 5.63. The van der Waals surface area contributed by atoms with Gasteiger partial charge in [0.25, 0.3) is 0 Å². The summed E-state index contributed by atoms with van der Waals surface area (Å²) in [6, 6.07) is 57.5. The van der Waals surface area contributed by atoms with Crippen molar-refractivity contribution in [2.24, 2.45) is 0 Å². The lowest BCUT2D eigenvalue weighted by atomic mass is 9.95. The van der Waals surface area contributed by atoms with Gasteiger partial charge >= 0.3 is 0 Å². The van der Waals surface area contributed by atoms with Gasteiger partial charge in [-0.1, -0.05) is 127 Å². The molecule has 0 aliphatic carbocycles. The van der Waals surface area contributed by atoms with Gasteiger partial charge < -0.3 is 8.98 Å². The Labute approximate surface area is 286 Å². The Morgan fingerprint density at radius 3 is 1.92 bits per heavy atom. The van der Waals surface area contributed by atoms with Gasteiger partial charge in [0.15, 0.2) is 5.82 Å².